The fourth-order valence-corrected chi connectivity index (χ4v) is 3.92. The van der Waals surface area contributed by atoms with Crippen LogP contribution in [0.15, 0.2) is 30.5 Å². The zero-order valence-electron chi connectivity index (χ0n) is 12.9. The van der Waals surface area contributed by atoms with Crippen LogP contribution in [0.25, 0.3) is 0 Å². The topological polar surface area (TPSA) is 46.9 Å². The van der Waals surface area contributed by atoms with Crippen molar-refractivity contribution in [1.29, 1.82) is 0 Å². The normalized spacial score (nSPS) is 21.7. The van der Waals surface area contributed by atoms with Gasteiger partial charge in [0, 0.05) is 17.9 Å². The third-order valence-electron chi connectivity index (χ3n) is 5.08. The molecule has 1 aromatic heterocycles. The van der Waals surface area contributed by atoms with Crippen LogP contribution in [0.2, 0.25) is 0 Å². The number of aryl methyl sites for hydroxylation is 1. The molecule has 0 unspecified atom stereocenters. The summed E-state index contributed by atoms with van der Waals surface area (Å²) in [5.41, 5.74) is 3.65. The summed E-state index contributed by atoms with van der Waals surface area (Å²) in [5.74, 6) is 1.15. The molecule has 1 aliphatic carbocycles. The van der Waals surface area contributed by atoms with Gasteiger partial charge in [0.1, 0.15) is 5.82 Å². The van der Waals surface area contributed by atoms with E-state index in [4.69, 9.17) is 0 Å². The third kappa shape index (κ3) is 2.14. The maximum Gasteiger partial charge on any atom is 0.226 e. The highest BCUT2D eigenvalue weighted by atomic mass is 16.1. The smallest absolute Gasteiger partial charge is 0.226 e. The van der Waals surface area contributed by atoms with Crippen LogP contribution in [0.3, 0.4) is 0 Å². The number of carbonyl (C=O) groups is 1. The van der Waals surface area contributed by atoms with Gasteiger partial charge in [0.15, 0.2) is 0 Å². The van der Waals surface area contributed by atoms with Gasteiger partial charge in [-0.2, -0.15) is 5.10 Å². The molecule has 1 N–H and O–H groups in total. The number of benzene rings is 1. The molecule has 4 heteroatoms. The average molecular weight is 295 g/mol. The van der Waals surface area contributed by atoms with E-state index in [1.165, 1.54) is 42.4 Å². The highest BCUT2D eigenvalue weighted by Gasteiger charge is 2.32. The first-order valence-corrected chi connectivity index (χ1v) is 8.17. The Labute approximate surface area is 130 Å². The highest BCUT2D eigenvalue weighted by molar-refractivity contribution is 5.94. The van der Waals surface area contributed by atoms with Crippen LogP contribution in [0.5, 0.6) is 0 Å². The lowest BCUT2D eigenvalue weighted by Gasteiger charge is -2.26. The molecule has 1 amide bonds. The number of hydrogen-bond donors (Lipinski definition) is 1. The van der Waals surface area contributed by atoms with Crippen molar-refractivity contribution < 1.29 is 4.79 Å². The first kappa shape index (κ1) is 13.6. The van der Waals surface area contributed by atoms with Gasteiger partial charge in [-0.05, 0) is 30.9 Å². The van der Waals surface area contributed by atoms with Gasteiger partial charge >= 0.3 is 0 Å². The number of carbonyl (C=O) groups excluding carboxylic acids is 1. The molecular formula is C18H21N3O. The van der Waals surface area contributed by atoms with Crippen LogP contribution in [0.4, 0.5) is 5.82 Å². The molecule has 4 nitrogen and oxygen atoms in total. The molecule has 4 rings (SSSR count). The first-order valence-electron chi connectivity index (χ1n) is 8.17. The number of anilines is 1. The third-order valence-corrected chi connectivity index (χ3v) is 5.08. The lowest BCUT2D eigenvalue weighted by Crippen LogP contribution is -2.26. The number of amides is 1. The Morgan fingerprint density at radius 2 is 1.95 bits per heavy atom. The van der Waals surface area contributed by atoms with Crippen molar-refractivity contribution in [3.8, 4) is 0 Å². The Bertz CT molecular complexity index is 713. The summed E-state index contributed by atoms with van der Waals surface area (Å²) in [7, 11) is 0. The summed E-state index contributed by atoms with van der Waals surface area (Å²) in [4.78, 5) is 12.2. The van der Waals surface area contributed by atoms with Crippen molar-refractivity contribution in [2.45, 2.75) is 51.0 Å². The lowest BCUT2D eigenvalue weighted by atomic mass is 9.85. The summed E-state index contributed by atoms with van der Waals surface area (Å²) in [6.45, 7) is 2.11. The van der Waals surface area contributed by atoms with E-state index in [0.29, 0.717) is 12.5 Å². The second-order valence-electron chi connectivity index (χ2n) is 6.49. The predicted octanol–water partition coefficient (Wildman–Crippen LogP) is 3.78. The zero-order valence-corrected chi connectivity index (χ0v) is 12.9. The van der Waals surface area contributed by atoms with Crippen molar-refractivity contribution in [2.75, 3.05) is 5.32 Å². The monoisotopic (exact) mass is 295 g/mol. The number of rotatable bonds is 2. The number of nitrogens with one attached hydrogen (secondary N) is 1. The van der Waals surface area contributed by atoms with Crippen LogP contribution in [-0.2, 0) is 4.79 Å². The minimum atomic E-state index is 0.0977. The van der Waals surface area contributed by atoms with E-state index in [9.17, 15) is 4.79 Å². The predicted molar refractivity (Wildman–Crippen MR) is 86.0 cm³/mol. The summed E-state index contributed by atoms with van der Waals surface area (Å²) in [6, 6.07) is 8.79. The molecule has 1 saturated carbocycles. The van der Waals surface area contributed by atoms with Crippen LogP contribution < -0.4 is 5.32 Å². The van der Waals surface area contributed by atoms with Gasteiger partial charge in [0.05, 0.1) is 12.2 Å². The first-order chi connectivity index (χ1) is 10.7. The Morgan fingerprint density at radius 1 is 1.18 bits per heavy atom. The molecular weight excluding hydrogens is 274 g/mol. The number of aromatic nitrogens is 2. The second kappa shape index (κ2) is 5.27. The molecule has 0 bridgehead atoms. The van der Waals surface area contributed by atoms with Crippen molar-refractivity contribution >= 4 is 11.7 Å². The molecule has 0 radical (unpaired) electrons. The SMILES string of the molecule is Cc1ccccc1[C@@H]1CC(=O)Nc2c1cnn2C1CCCC1. The Morgan fingerprint density at radius 3 is 2.73 bits per heavy atom. The summed E-state index contributed by atoms with van der Waals surface area (Å²) in [6.07, 6.45) is 7.32. The fourth-order valence-electron chi connectivity index (χ4n) is 3.92. The molecule has 2 aliphatic rings. The van der Waals surface area contributed by atoms with E-state index in [2.05, 4.69) is 40.2 Å². The molecule has 1 fully saturated rings. The molecule has 0 saturated heterocycles. The van der Waals surface area contributed by atoms with Gasteiger partial charge in [-0.1, -0.05) is 37.1 Å². The highest BCUT2D eigenvalue weighted by Crippen LogP contribution is 2.41. The van der Waals surface area contributed by atoms with E-state index in [1.54, 1.807) is 0 Å². The fraction of sp³-hybridized carbons (Fsp3) is 0.444. The molecule has 2 heterocycles. The van der Waals surface area contributed by atoms with Gasteiger partial charge < -0.3 is 5.32 Å². The van der Waals surface area contributed by atoms with Gasteiger partial charge in [-0.25, -0.2) is 4.68 Å². The van der Waals surface area contributed by atoms with Crippen LogP contribution >= 0.6 is 0 Å². The minimum absolute atomic E-state index is 0.0977. The Kier molecular flexibility index (Phi) is 3.25. The average Bonchev–Trinajstić information content (AvgIpc) is 3.15. The summed E-state index contributed by atoms with van der Waals surface area (Å²) in [5, 5.41) is 7.69. The molecule has 114 valence electrons. The molecule has 1 aliphatic heterocycles. The largest absolute Gasteiger partial charge is 0.311 e. The Hall–Kier alpha value is -2.10. The standard InChI is InChI=1S/C18H21N3O/c1-12-6-2-5-9-14(12)15-10-17(22)20-18-16(15)11-19-21(18)13-7-3-4-8-13/h2,5-6,9,11,13,15H,3-4,7-8,10H2,1H3,(H,20,22)/t15-/m0/s1. The number of nitrogens with zero attached hydrogens (tertiary/aromatic N) is 2. The number of fused-ring (bicyclic) bond motifs is 1. The minimum Gasteiger partial charge on any atom is -0.311 e. The molecule has 0 spiro atoms. The van der Waals surface area contributed by atoms with Gasteiger partial charge in [0.25, 0.3) is 0 Å². The van der Waals surface area contributed by atoms with E-state index < -0.39 is 0 Å². The molecule has 1 atom stereocenters. The van der Waals surface area contributed by atoms with Gasteiger partial charge in [-0.3, -0.25) is 4.79 Å². The van der Waals surface area contributed by atoms with Crippen molar-refractivity contribution in [1.82, 2.24) is 9.78 Å². The van der Waals surface area contributed by atoms with Crippen molar-refractivity contribution in [3.05, 3.63) is 47.2 Å². The zero-order chi connectivity index (χ0) is 15.1. The van der Waals surface area contributed by atoms with Crippen LogP contribution in [0.1, 0.15) is 60.8 Å². The van der Waals surface area contributed by atoms with Crippen LogP contribution in [0, 0.1) is 6.92 Å². The van der Waals surface area contributed by atoms with Crippen molar-refractivity contribution in [3.63, 3.8) is 0 Å². The maximum atomic E-state index is 12.2. The van der Waals surface area contributed by atoms with Gasteiger partial charge in [0.2, 0.25) is 5.91 Å². The Balaban J connectivity index is 1.78. The number of hydrogen-bond acceptors (Lipinski definition) is 2. The summed E-state index contributed by atoms with van der Waals surface area (Å²) < 4.78 is 2.06. The van der Waals surface area contributed by atoms with E-state index in [0.717, 1.165) is 5.82 Å². The lowest BCUT2D eigenvalue weighted by molar-refractivity contribution is -0.116. The molecule has 2 aromatic rings. The summed E-state index contributed by atoms with van der Waals surface area (Å²) >= 11 is 0. The van der Waals surface area contributed by atoms with Crippen molar-refractivity contribution in [2.24, 2.45) is 0 Å². The van der Waals surface area contributed by atoms with E-state index in [-0.39, 0.29) is 11.8 Å². The maximum absolute atomic E-state index is 12.2. The quantitative estimate of drug-likeness (QED) is 0.916. The van der Waals surface area contributed by atoms with Gasteiger partial charge in [-0.15, -0.1) is 0 Å². The van der Waals surface area contributed by atoms with Crippen LogP contribution in [-0.4, -0.2) is 15.7 Å². The molecule has 1 aromatic carbocycles. The molecule has 22 heavy (non-hydrogen) atoms. The van der Waals surface area contributed by atoms with E-state index in [1.807, 2.05) is 12.3 Å². The second-order valence-corrected chi connectivity index (χ2v) is 6.49. The van der Waals surface area contributed by atoms with E-state index >= 15 is 0 Å².